The van der Waals surface area contributed by atoms with E-state index >= 15 is 0 Å². The van der Waals surface area contributed by atoms with Crippen LogP contribution in [0.15, 0.2) is 34.9 Å². The van der Waals surface area contributed by atoms with Crippen LogP contribution in [0.3, 0.4) is 0 Å². The third-order valence-corrected chi connectivity index (χ3v) is 3.33. The molecule has 0 unspecified atom stereocenters. The third-order valence-electron chi connectivity index (χ3n) is 2.90. The van der Waals surface area contributed by atoms with Crippen molar-refractivity contribution in [2.75, 3.05) is 7.11 Å². The van der Waals surface area contributed by atoms with E-state index in [9.17, 15) is 14.0 Å². The third kappa shape index (κ3) is 3.45. The Morgan fingerprint density at radius 2 is 1.91 bits per heavy atom. The number of ether oxygens (including phenoxy) is 1. The number of carbonyl (C=O) groups is 2. The highest BCUT2D eigenvalue weighted by Gasteiger charge is 2.16. The van der Waals surface area contributed by atoms with Crippen molar-refractivity contribution in [2.24, 2.45) is 7.05 Å². The molecule has 0 bridgehead atoms. The fourth-order valence-electron chi connectivity index (χ4n) is 1.85. The molecule has 0 radical (unpaired) electrons. The van der Waals surface area contributed by atoms with Gasteiger partial charge in [0.2, 0.25) is 0 Å². The maximum Gasteiger partial charge on any atom is 0.286 e. The zero-order valence-corrected chi connectivity index (χ0v) is 13.4. The van der Waals surface area contributed by atoms with Crippen LogP contribution in [0.5, 0.6) is 5.75 Å². The van der Waals surface area contributed by atoms with E-state index < -0.39 is 17.6 Å². The number of aryl methyl sites for hydroxylation is 1. The molecule has 0 aliphatic heterocycles. The van der Waals surface area contributed by atoms with Gasteiger partial charge in [-0.05, 0) is 40.2 Å². The SMILES string of the molecule is COc1ccc(F)cc1C(=O)NNC(=O)c1cc(Br)cn1C. The maximum absolute atomic E-state index is 13.2. The Balaban J connectivity index is 2.08. The molecule has 2 amide bonds. The molecule has 0 aliphatic rings. The maximum atomic E-state index is 13.2. The fraction of sp³-hybridized carbons (Fsp3) is 0.143. The van der Waals surface area contributed by atoms with E-state index in [4.69, 9.17) is 4.74 Å². The number of nitrogens with one attached hydrogen (secondary N) is 2. The fourth-order valence-corrected chi connectivity index (χ4v) is 2.38. The predicted octanol–water partition coefficient (Wildman–Crippen LogP) is 2.01. The van der Waals surface area contributed by atoms with Gasteiger partial charge in [0.15, 0.2) is 0 Å². The summed E-state index contributed by atoms with van der Waals surface area (Å²) in [5, 5.41) is 0. The minimum Gasteiger partial charge on any atom is -0.496 e. The van der Waals surface area contributed by atoms with Crippen molar-refractivity contribution < 1.29 is 18.7 Å². The molecule has 1 heterocycles. The number of hydrogen-bond donors (Lipinski definition) is 2. The smallest absolute Gasteiger partial charge is 0.286 e. The summed E-state index contributed by atoms with van der Waals surface area (Å²) in [7, 11) is 3.06. The molecule has 2 rings (SSSR count). The molecule has 8 heteroatoms. The number of nitrogens with zero attached hydrogens (tertiary/aromatic N) is 1. The van der Waals surface area contributed by atoms with Gasteiger partial charge in [0.1, 0.15) is 17.3 Å². The lowest BCUT2D eigenvalue weighted by atomic mass is 10.2. The van der Waals surface area contributed by atoms with E-state index in [1.165, 1.54) is 19.2 Å². The summed E-state index contributed by atoms with van der Waals surface area (Å²) < 4.78 is 20.5. The molecule has 116 valence electrons. The molecular weight excluding hydrogens is 357 g/mol. The van der Waals surface area contributed by atoms with Crippen molar-refractivity contribution in [3.05, 3.63) is 52.0 Å². The number of carbonyl (C=O) groups excluding carboxylic acids is 2. The van der Waals surface area contributed by atoms with Crippen molar-refractivity contribution in [1.82, 2.24) is 15.4 Å². The first-order valence-corrected chi connectivity index (χ1v) is 6.97. The molecule has 0 spiro atoms. The average molecular weight is 370 g/mol. The lowest BCUT2D eigenvalue weighted by Gasteiger charge is -2.10. The van der Waals surface area contributed by atoms with Crippen LogP contribution in [-0.2, 0) is 7.05 Å². The van der Waals surface area contributed by atoms with E-state index in [1.807, 2.05) is 0 Å². The number of benzene rings is 1. The van der Waals surface area contributed by atoms with Gasteiger partial charge in [-0.25, -0.2) is 4.39 Å². The molecule has 2 aromatic rings. The molecule has 0 fully saturated rings. The van der Waals surface area contributed by atoms with E-state index in [0.29, 0.717) is 5.69 Å². The minimum absolute atomic E-state index is 0.0177. The van der Waals surface area contributed by atoms with Gasteiger partial charge in [0.25, 0.3) is 11.8 Å². The summed E-state index contributed by atoms with van der Waals surface area (Å²) in [6.07, 6.45) is 1.70. The number of halogens is 2. The number of rotatable bonds is 3. The van der Waals surface area contributed by atoms with Crippen LogP contribution in [0.1, 0.15) is 20.8 Å². The van der Waals surface area contributed by atoms with Crippen molar-refractivity contribution in [1.29, 1.82) is 0 Å². The van der Waals surface area contributed by atoms with Gasteiger partial charge >= 0.3 is 0 Å². The molecule has 2 N–H and O–H groups in total. The van der Waals surface area contributed by atoms with Gasteiger partial charge in [-0.2, -0.15) is 0 Å². The molecule has 0 aliphatic carbocycles. The highest BCUT2D eigenvalue weighted by molar-refractivity contribution is 9.10. The molecule has 22 heavy (non-hydrogen) atoms. The number of methoxy groups -OCH3 is 1. The quantitative estimate of drug-likeness (QED) is 0.812. The summed E-state index contributed by atoms with van der Waals surface area (Å²) >= 11 is 3.25. The van der Waals surface area contributed by atoms with Crippen molar-refractivity contribution in [3.63, 3.8) is 0 Å². The zero-order valence-electron chi connectivity index (χ0n) is 11.8. The van der Waals surface area contributed by atoms with Crippen molar-refractivity contribution in [2.45, 2.75) is 0 Å². The van der Waals surface area contributed by atoms with Crippen LogP contribution in [0.25, 0.3) is 0 Å². The second-order valence-electron chi connectivity index (χ2n) is 4.41. The standard InChI is InChI=1S/C14H13BrFN3O3/c1-19-7-8(15)5-11(19)14(21)18-17-13(20)10-6-9(16)3-4-12(10)22-2/h3-7H,1-2H3,(H,17,20)(H,18,21). The van der Waals surface area contributed by atoms with Crippen LogP contribution in [0, 0.1) is 5.82 Å². The van der Waals surface area contributed by atoms with Crippen molar-refractivity contribution >= 4 is 27.7 Å². The number of hydrazine groups is 1. The first-order chi connectivity index (χ1) is 10.4. The normalized spacial score (nSPS) is 10.2. The summed E-state index contributed by atoms with van der Waals surface area (Å²) in [5.74, 6) is -1.56. The molecular formula is C14H13BrFN3O3. The average Bonchev–Trinajstić information content (AvgIpc) is 2.83. The summed E-state index contributed by atoms with van der Waals surface area (Å²) in [4.78, 5) is 24.0. The van der Waals surface area contributed by atoms with Crippen molar-refractivity contribution in [3.8, 4) is 5.75 Å². The van der Waals surface area contributed by atoms with E-state index in [1.54, 1.807) is 23.9 Å². The van der Waals surface area contributed by atoms with Crippen LogP contribution >= 0.6 is 15.9 Å². The van der Waals surface area contributed by atoms with Gasteiger partial charge in [0, 0.05) is 17.7 Å². The Kier molecular flexibility index (Phi) is 4.81. The Bertz CT molecular complexity index is 730. The predicted molar refractivity (Wildman–Crippen MR) is 81.0 cm³/mol. The van der Waals surface area contributed by atoms with Crippen LogP contribution in [0.4, 0.5) is 4.39 Å². The highest BCUT2D eigenvalue weighted by atomic mass is 79.9. The Morgan fingerprint density at radius 3 is 2.50 bits per heavy atom. The summed E-state index contributed by atoms with van der Waals surface area (Å²) in [6, 6.07) is 5.14. The Labute approximate surface area is 134 Å². The molecule has 0 saturated carbocycles. The first-order valence-electron chi connectivity index (χ1n) is 6.18. The van der Waals surface area contributed by atoms with Crippen LogP contribution in [-0.4, -0.2) is 23.5 Å². The van der Waals surface area contributed by atoms with Crippen LogP contribution < -0.4 is 15.6 Å². The monoisotopic (exact) mass is 369 g/mol. The lowest BCUT2D eigenvalue weighted by molar-refractivity contribution is 0.0840. The minimum atomic E-state index is -0.682. The zero-order chi connectivity index (χ0) is 16.3. The molecule has 0 saturated heterocycles. The first kappa shape index (κ1) is 16.0. The second-order valence-corrected chi connectivity index (χ2v) is 5.32. The van der Waals surface area contributed by atoms with Gasteiger partial charge in [-0.1, -0.05) is 0 Å². The summed E-state index contributed by atoms with van der Waals surface area (Å²) in [6.45, 7) is 0. The lowest BCUT2D eigenvalue weighted by Crippen LogP contribution is -2.42. The highest BCUT2D eigenvalue weighted by Crippen LogP contribution is 2.19. The second kappa shape index (κ2) is 6.61. The largest absolute Gasteiger partial charge is 0.496 e. The molecule has 0 atom stereocenters. The Hall–Kier alpha value is -2.35. The number of amides is 2. The van der Waals surface area contributed by atoms with Gasteiger partial charge < -0.3 is 9.30 Å². The van der Waals surface area contributed by atoms with Crippen LogP contribution in [0.2, 0.25) is 0 Å². The summed E-state index contributed by atoms with van der Waals surface area (Å²) in [5.41, 5.74) is 4.81. The molecule has 6 nitrogen and oxygen atoms in total. The van der Waals surface area contributed by atoms with Gasteiger partial charge in [-0.3, -0.25) is 20.4 Å². The van der Waals surface area contributed by atoms with E-state index in [0.717, 1.165) is 10.5 Å². The Morgan fingerprint density at radius 1 is 1.23 bits per heavy atom. The molecule has 1 aromatic heterocycles. The van der Waals surface area contributed by atoms with E-state index in [2.05, 4.69) is 26.8 Å². The molecule has 1 aromatic carbocycles. The number of hydrogen-bond acceptors (Lipinski definition) is 3. The number of aromatic nitrogens is 1. The van der Waals surface area contributed by atoms with E-state index in [-0.39, 0.29) is 11.3 Å². The van der Waals surface area contributed by atoms with Gasteiger partial charge in [0.05, 0.1) is 12.7 Å². The topological polar surface area (TPSA) is 72.4 Å². The van der Waals surface area contributed by atoms with Gasteiger partial charge in [-0.15, -0.1) is 0 Å².